The van der Waals surface area contributed by atoms with E-state index in [1.165, 1.54) is 18.2 Å². The van der Waals surface area contributed by atoms with Gasteiger partial charge in [0.2, 0.25) is 0 Å². The van der Waals surface area contributed by atoms with Crippen molar-refractivity contribution in [2.45, 2.75) is 12.4 Å². The third kappa shape index (κ3) is 4.04. The van der Waals surface area contributed by atoms with Crippen LogP contribution in [0, 0.1) is 0 Å². The summed E-state index contributed by atoms with van der Waals surface area (Å²) in [5.41, 5.74) is -1.07. The summed E-state index contributed by atoms with van der Waals surface area (Å²) < 4.78 is 63.2. The van der Waals surface area contributed by atoms with E-state index in [1.807, 2.05) is 0 Å². The van der Waals surface area contributed by atoms with Crippen molar-refractivity contribution in [3.05, 3.63) is 51.7 Å². The summed E-state index contributed by atoms with van der Waals surface area (Å²) in [7, 11) is -3.37. The number of halogens is 3. The van der Waals surface area contributed by atoms with Gasteiger partial charge in [-0.2, -0.15) is 0 Å². The van der Waals surface area contributed by atoms with E-state index in [0.29, 0.717) is 5.39 Å². The van der Waals surface area contributed by atoms with Gasteiger partial charge in [0.25, 0.3) is 11.5 Å². The number of carbonyl (C=O) groups excluding carboxylic acids is 1. The quantitative estimate of drug-likeness (QED) is 0.828. The van der Waals surface area contributed by atoms with Gasteiger partial charge in [-0.3, -0.25) is 9.59 Å². The second-order valence-electron chi connectivity index (χ2n) is 5.55. The van der Waals surface area contributed by atoms with E-state index >= 15 is 0 Å². The first kappa shape index (κ1) is 18.0. The van der Waals surface area contributed by atoms with Gasteiger partial charge in [-0.1, -0.05) is 0 Å². The molecule has 0 saturated carbocycles. The molecule has 0 unspecified atom stereocenters. The maximum absolute atomic E-state index is 12.2. The molecular weight excluding hydrogens is 377 g/mol. The molecule has 1 aliphatic rings. The van der Waals surface area contributed by atoms with Crippen LogP contribution in [0.1, 0.15) is 10.4 Å². The van der Waals surface area contributed by atoms with E-state index in [9.17, 15) is 31.2 Å². The molecule has 1 atom stereocenters. The zero-order chi connectivity index (χ0) is 19.1. The van der Waals surface area contributed by atoms with Gasteiger partial charge in [0.05, 0.1) is 17.3 Å². The Morgan fingerprint density at radius 3 is 2.62 bits per heavy atom. The molecule has 26 heavy (non-hydrogen) atoms. The topological polar surface area (TPSA) is 105 Å². The highest BCUT2D eigenvalue weighted by atomic mass is 32.2. The van der Waals surface area contributed by atoms with E-state index in [1.54, 1.807) is 0 Å². The van der Waals surface area contributed by atoms with Crippen LogP contribution in [0.2, 0.25) is 0 Å². The van der Waals surface area contributed by atoms with Crippen LogP contribution in [-0.2, 0) is 9.84 Å². The molecule has 11 heteroatoms. The molecule has 0 spiro atoms. The lowest BCUT2D eigenvalue weighted by molar-refractivity contribution is -0.274. The predicted molar refractivity (Wildman–Crippen MR) is 85.4 cm³/mol. The summed E-state index contributed by atoms with van der Waals surface area (Å²) in [5, 5.41) is 3.68. The van der Waals surface area contributed by atoms with Crippen molar-refractivity contribution in [3.63, 3.8) is 0 Å². The van der Waals surface area contributed by atoms with E-state index in [0.717, 1.165) is 17.5 Å². The molecule has 3 rings (SSSR count). The normalized spacial score (nSPS) is 18.8. The lowest BCUT2D eigenvalue weighted by Gasteiger charge is -2.11. The number of H-pyrrole nitrogens is 1. The van der Waals surface area contributed by atoms with Gasteiger partial charge in [-0.05, 0) is 29.7 Å². The Kier molecular flexibility index (Phi) is 4.26. The fourth-order valence-corrected chi connectivity index (χ4v) is 3.69. The van der Waals surface area contributed by atoms with E-state index in [4.69, 9.17) is 0 Å². The molecule has 1 aromatic heterocycles. The van der Waals surface area contributed by atoms with Gasteiger partial charge in [-0.25, -0.2) is 8.42 Å². The van der Waals surface area contributed by atoms with Crippen molar-refractivity contribution < 1.29 is 31.1 Å². The molecule has 0 radical (unpaired) electrons. The number of amides is 1. The van der Waals surface area contributed by atoms with Gasteiger partial charge in [0.15, 0.2) is 9.84 Å². The number of benzene rings is 1. The van der Waals surface area contributed by atoms with Crippen molar-refractivity contribution in [3.8, 4) is 5.75 Å². The maximum atomic E-state index is 12.2. The summed E-state index contributed by atoms with van der Waals surface area (Å²) in [6.07, 6.45) is -3.58. The molecule has 2 heterocycles. The first-order valence-electron chi connectivity index (χ1n) is 7.17. The fraction of sp³-hybridized carbons (Fsp3) is 0.200. The molecule has 0 saturated heterocycles. The number of carbonyl (C=O) groups is 1. The Bertz CT molecular complexity index is 1070. The number of rotatable bonds is 3. The predicted octanol–water partition coefficient (Wildman–Crippen LogP) is 1.47. The Labute approximate surface area is 144 Å². The summed E-state index contributed by atoms with van der Waals surface area (Å²) in [6, 6.07) is 3.72. The number of aromatic amines is 1. The Balaban J connectivity index is 1.87. The van der Waals surface area contributed by atoms with Crippen molar-refractivity contribution in [2.24, 2.45) is 0 Å². The number of pyridine rings is 1. The maximum Gasteiger partial charge on any atom is 0.573 e. The minimum absolute atomic E-state index is 0.0524. The highest BCUT2D eigenvalue weighted by molar-refractivity contribution is 7.94. The second kappa shape index (κ2) is 6.16. The summed E-state index contributed by atoms with van der Waals surface area (Å²) in [4.78, 5) is 26.6. The molecule has 1 aromatic carbocycles. The van der Waals surface area contributed by atoms with Crippen LogP contribution in [0.15, 0.2) is 40.5 Å². The monoisotopic (exact) mass is 388 g/mol. The second-order valence-corrected chi connectivity index (χ2v) is 7.48. The molecule has 7 nitrogen and oxygen atoms in total. The van der Waals surface area contributed by atoms with Crippen molar-refractivity contribution in [1.29, 1.82) is 0 Å². The van der Waals surface area contributed by atoms with Crippen molar-refractivity contribution >= 4 is 26.6 Å². The Hall–Kier alpha value is -2.82. The number of ether oxygens (including phenoxy) is 1. The van der Waals surface area contributed by atoms with Crippen LogP contribution in [0.25, 0.3) is 10.9 Å². The molecule has 138 valence electrons. The summed E-state index contributed by atoms with van der Waals surface area (Å²) in [5.74, 6) is -1.61. The number of alkyl halides is 3. The highest BCUT2D eigenvalue weighted by Crippen LogP contribution is 2.25. The average molecular weight is 388 g/mol. The minimum Gasteiger partial charge on any atom is -0.406 e. The van der Waals surface area contributed by atoms with Crippen LogP contribution < -0.4 is 15.6 Å². The first-order valence-corrected chi connectivity index (χ1v) is 8.89. The van der Waals surface area contributed by atoms with Gasteiger partial charge in [-0.15, -0.1) is 13.2 Å². The summed E-state index contributed by atoms with van der Waals surface area (Å²) in [6.45, 7) is 0. The molecule has 0 aliphatic carbocycles. The zero-order valence-electron chi connectivity index (χ0n) is 12.8. The van der Waals surface area contributed by atoms with Gasteiger partial charge in [0.1, 0.15) is 11.3 Å². The largest absolute Gasteiger partial charge is 0.573 e. The molecule has 0 bridgehead atoms. The van der Waals surface area contributed by atoms with Crippen LogP contribution in [-0.4, -0.2) is 37.5 Å². The molecule has 1 aliphatic heterocycles. The fourth-order valence-electron chi connectivity index (χ4n) is 2.46. The number of sulfone groups is 1. The van der Waals surface area contributed by atoms with Crippen molar-refractivity contribution in [1.82, 2.24) is 10.3 Å². The molecule has 2 aromatic rings. The molecule has 0 fully saturated rings. The number of hydrogen-bond donors (Lipinski definition) is 2. The van der Waals surface area contributed by atoms with Crippen LogP contribution >= 0.6 is 0 Å². The van der Waals surface area contributed by atoms with Gasteiger partial charge < -0.3 is 15.0 Å². The van der Waals surface area contributed by atoms with Gasteiger partial charge >= 0.3 is 6.36 Å². The number of aromatic nitrogens is 1. The molecular formula is C15H11F3N2O5S. The lowest BCUT2D eigenvalue weighted by atomic mass is 10.1. The molecule has 1 amide bonds. The number of nitrogens with one attached hydrogen (secondary N) is 2. The number of hydrogen-bond acceptors (Lipinski definition) is 5. The smallest absolute Gasteiger partial charge is 0.406 e. The van der Waals surface area contributed by atoms with Crippen LogP contribution in [0.3, 0.4) is 0 Å². The Morgan fingerprint density at radius 1 is 1.27 bits per heavy atom. The van der Waals surface area contributed by atoms with E-state index in [2.05, 4.69) is 15.0 Å². The SMILES string of the molecule is O=C(N[C@@H]1C=CS(=O)(=O)C1)c1cc2ccc(OC(F)(F)F)cc2[nH]c1=O. The zero-order valence-corrected chi connectivity index (χ0v) is 13.6. The number of fused-ring (bicyclic) bond motifs is 1. The van der Waals surface area contributed by atoms with Crippen molar-refractivity contribution in [2.75, 3.05) is 5.75 Å². The lowest BCUT2D eigenvalue weighted by Crippen LogP contribution is -2.38. The highest BCUT2D eigenvalue weighted by Gasteiger charge is 2.31. The van der Waals surface area contributed by atoms with Crippen LogP contribution in [0.4, 0.5) is 13.2 Å². The summed E-state index contributed by atoms with van der Waals surface area (Å²) >= 11 is 0. The van der Waals surface area contributed by atoms with Gasteiger partial charge in [0, 0.05) is 11.5 Å². The van der Waals surface area contributed by atoms with E-state index in [-0.39, 0.29) is 16.8 Å². The third-order valence-electron chi connectivity index (χ3n) is 3.54. The minimum atomic E-state index is -4.87. The third-order valence-corrected chi connectivity index (χ3v) is 4.94. The van der Waals surface area contributed by atoms with Crippen LogP contribution in [0.5, 0.6) is 5.75 Å². The van der Waals surface area contributed by atoms with E-state index < -0.39 is 39.5 Å². The average Bonchev–Trinajstić information content (AvgIpc) is 2.83. The first-order chi connectivity index (χ1) is 12.0. The molecule has 2 N–H and O–H groups in total. The Morgan fingerprint density at radius 2 is 2.00 bits per heavy atom. The standard InChI is InChI=1S/C15H11F3N2O5S/c16-15(17,18)25-10-2-1-8-5-11(14(22)20-12(8)6-10)13(21)19-9-3-4-26(23,24)7-9/h1-6,9H,7H2,(H,19,21)(H,20,22)/t9-/m1/s1.